The van der Waals surface area contributed by atoms with Gasteiger partial charge in [-0.3, -0.25) is 4.90 Å². The van der Waals surface area contributed by atoms with Gasteiger partial charge in [0.2, 0.25) is 10.0 Å². The van der Waals surface area contributed by atoms with E-state index in [9.17, 15) is 8.42 Å². The van der Waals surface area contributed by atoms with E-state index < -0.39 is 10.0 Å². The molecule has 22 heavy (non-hydrogen) atoms. The first kappa shape index (κ1) is 16.9. The second-order valence-corrected chi connectivity index (χ2v) is 8.07. The van der Waals surface area contributed by atoms with Crippen LogP contribution in [0.3, 0.4) is 0 Å². The molecule has 2 rings (SSSR count). The molecule has 1 aliphatic rings. The van der Waals surface area contributed by atoms with Crippen molar-refractivity contribution in [2.75, 3.05) is 13.1 Å². The van der Waals surface area contributed by atoms with E-state index in [-0.39, 0.29) is 11.8 Å². The summed E-state index contributed by atoms with van der Waals surface area (Å²) in [6.45, 7) is 7.98. The van der Waals surface area contributed by atoms with E-state index in [4.69, 9.17) is 5.26 Å². The van der Waals surface area contributed by atoms with Crippen LogP contribution in [0.15, 0.2) is 24.3 Å². The molecule has 0 saturated carbocycles. The van der Waals surface area contributed by atoms with Crippen LogP contribution in [0.25, 0.3) is 0 Å². The molecule has 120 valence electrons. The average Bonchev–Trinajstić information content (AvgIpc) is 2.79. The van der Waals surface area contributed by atoms with Crippen molar-refractivity contribution in [1.82, 2.24) is 9.62 Å². The Labute approximate surface area is 133 Å². The number of nitriles is 1. The van der Waals surface area contributed by atoms with Crippen LogP contribution in [0.2, 0.25) is 0 Å². The fourth-order valence-corrected chi connectivity index (χ4v) is 4.27. The van der Waals surface area contributed by atoms with E-state index in [0.717, 1.165) is 13.1 Å². The predicted molar refractivity (Wildman–Crippen MR) is 86.6 cm³/mol. The Bertz CT molecular complexity index is 664. The van der Waals surface area contributed by atoms with Crippen LogP contribution in [0.1, 0.15) is 31.9 Å². The number of benzene rings is 1. The first-order valence-electron chi connectivity index (χ1n) is 7.54. The standard InChI is InChI=1S/C16H23N3O2S/c1-12(2)19-9-13(3)16(10-19)18-22(20,21)11-15-6-4-5-14(7-15)8-17/h4-7,12-13,16,18H,9-11H2,1-3H3/t13-,16+/m0/s1. The molecule has 1 aromatic carbocycles. The molecule has 0 bridgehead atoms. The average molecular weight is 321 g/mol. The van der Waals surface area contributed by atoms with Crippen LogP contribution in [0.5, 0.6) is 0 Å². The highest BCUT2D eigenvalue weighted by Crippen LogP contribution is 2.20. The minimum absolute atomic E-state index is 0.0495. The molecule has 1 aromatic rings. The van der Waals surface area contributed by atoms with E-state index in [1.165, 1.54) is 0 Å². The number of likely N-dealkylation sites (tertiary alicyclic amines) is 1. The maximum absolute atomic E-state index is 12.4. The van der Waals surface area contributed by atoms with Gasteiger partial charge in [0.15, 0.2) is 0 Å². The van der Waals surface area contributed by atoms with E-state index in [1.807, 2.05) is 6.07 Å². The highest BCUT2D eigenvalue weighted by molar-refractivity contribution is 7.88. The van der Waals surface area contributed by atoms with Crippen LogP contribution in [-0.2, 0) is 15.8 Å². The number of hydrogen-bond acceptors (Lipinski definition) is 4. The van der Waals surface area contributed by atoms with Gasteiger partial charge >= 0.3 is 0 Å². The van der Waals surface area contributed by atoms with E-state index >= 15 is 0 Å². The van der Waals surface area contributed by atoms with Gasteiger partial charge < -0.3 is 0 Å². The third-order valence-corrected chi connectivity index (χ3v) is 5.49. The van der Waals surface area contributed by atoms with Gasteiger partial charge in [0.25, 0.3) is 0 Å². The lowest BCUT2D eigenvalue weighted by Crippen LogP contribution is -2.41. The molecule has 1 fully saturated rings. The van der Waals surface area contributed by atoms with Gasteiger partial charge in [-0.15, -0.1) is 0 Å². The van der Waals surface area contributed by atoms with Crippen LogP contribution >= 0.6 is 0 Å². The molecule has 1 aliphatic heterocycles. The SMILES string of the molecule is CC(C)N1C[C@H](C)[C@H](NS(=O)(=O)Cc2cccc(C#N)c2)C1. The minimum atomic E-state index is -3.41. The van der Waals surface area contributed by atoms with E-state index in [1.54, 1.807) is 24.3 Å². The molecule has 2 atom stereocenters. The zero-order valence-corrected chi connectivity index (χ0v) is 14.1. The van der Waals surface area contributed by atoms with Gasteiger partial charge in [-0.25, -0.2) is 13.1 Å². The molecule has 0 aliphatic carbocycles. The van der Waals surface area contributed by atoms with Crippen molar-refractivity contribution in [3.63, 3.8) is 0 Å². The lowest BCUT2D eigenvalue weighted by Gasteiger charge is -2.20. The fourth-order valence-electron chi connectivity index (χ4n) is 2.80. The predicted octanol–water partition coefficient (Wildman–Crippen LogP) is 1.71. The molecule has 1 saturated heterocycles. The number of sulfonamides is 1. The first-order valence-corrected chi connectivity index (χ1v) is 9.19. The van der Waals surface area contributed by atoms with Gasteiger partial charge in [0.05, 0.1) is 17.4 Å². The van der Waals surface area contributed by atoms with Crippen molar-refractivity contribution < 1.29 is 8.42 Å². The zero-order valence-electron chi connectivity index (χ0n) is 13.3. The summed E-state index contributed by atoms with van der Waals surface area (Å²) in [4.78, 5) is 2.29. The van der Waals surface area contributed by atoms with E-state index in [0.29, 0.717) is 23.1 Å². The summed E-state index contributed by atoms with van der Waals surface area (Å²) < 4.78 is 27.6. The van der Waals surface area contributed by atoms with Crippen molar-refractivity contribution >= 4 is 10.0 Å². The first-order chi connectivity index (χ1) is 10.3. The maximum atomic E-state index is 12.4. The Hall–Kier alpha value is -1.42. The van der Waals surface area contributed by atoms with Crippen molar-refractivity contribution in [2.24, 2.45) is 5.92 Å². The second kappa shape index (κ2) is 6.78. The molecule has 0 unspecified atom stereocenters. The third-order valence-electron chi connectivity index (χ3n) is 4.11. The third kappa shape index (κ3) is 4.29. The van der Waals surface area contributed by atoms with Crippen LogP contribution < -0.4 is 4.72 Å². The number of rotatable bonds is 5. The lowest BCUT2D eigenvalue weighted by molar-refractivity contribution is 0.265. The molecule has 0 aromatic heterocycles. The summed E-state index contributed by atoms with van der Waals surface area (Å²) in [6, 6.07) is 9.14. The van der Waals surface area contributed by atoms with Crippen LogP contribution in [0.4, 0.5) is 0 Å². The molecule has 6 heteroatoms. The molecule has 5 nitrogen and oxygen atoms in total. The largest absolute Gasteiger partial charge is 0.299 e. The summed E-state index contributed by atoms with van der Waals surface area (Å²) in [5, 5.41) is 8.89. The van der Waals surface area contributed by atoms with Gasteiger partial charge in [-0.2, -0.15) is 5.26 Å². The topological polar surface area (TPSA) is 73.2 Å². The Kier molecular flexibility index (Phi) is 5.22. The summed E-state index contributed by atoms with van der Waals surface area (Å²) in [6.07, 6.45) is 0. The Morgan fingerprint density at radius 3 is 2.73 bits per heavy atom. The summed E-state index contributed by atoms with van der Waals surface area (Å²) in [5.74, 6) is 0.204. The summed E-state index contributed by atoms with van der Waals surface area (Å²) in [7, 11) is -3.41. The number of hydrogen-bond donors (Lipinski definition) is 1. The number of nitrogens with one attached hydrogen (secondary N) is 1. The van der Waals surface area contributed by atoms with Crippen molar-refractivity contribution in [3.05, 3.63) is 35.4 Å². The van der Waals surface area contributed by atoms with Gasteiger partial charge in [0, 0.05) is 25.2 Å². The molecule has 1 N–H and O–H groups in total. The van der Waals surface area contributed by atoms with Crippen molar-refractivity contribution in [3.8, 4) is 6.07 Å². The molecule has 0 spiro atoms. The summed E-state index contributed by atoms with van der Waals surface area (Å²) in [5.41, 5.74) is 1.12. The molecule has 1 heterocycles. The highest BCUT2D eigenvalue weighted by atomic mass is 32.2. The normalized spacial score (nSPS) is 22.9. The highest BCUT2D eigenvalue weighted by Gasteiger charge is 2.33. The van der Waals surface area contributed by atoms with Gasteiger partial charge in [-0.1, -0.05) is 19.1 Å². The Balaban J connectivity index is 2.04. The molecular formula is C16H23N3O2S. The monoisotopic (exact) mass is 321 g/mol. The van der Waals surface area contributed by atoms with Gasteiger partial charge in [-0.05, 0) is 37.5 Å². The molecule has 0 amide bonds. The van der Waals surface area contributed by atoms with Gasteiger partial charge in [0.1, 0.15) is 0 Å². The van der Waals surface area contributed by atoms with Crippen molar-refractivity contribution in [1.29, 1.82) is 5.26 Å². The second-order valence-electron chi connectivity index (χ2n) is 6.32. The van der Waals surface area contributed by atoms with Crippen LogP contribution in [-0.4, -0.2) is 38.5 Å². The zero-order chi connectivity index (χ0) is 16.3. The molecule has 0 radical (unpaired) electrons. The lowest BCUT2D eigenvalue weighted by atomic mass is 10.1. The summed E-state index contributed by atoms with van der Waals surface area (Å²) >= 11 is 0. The quantitative estimate of drug-likeness (QED) is 0.896. The Morgan fingerprint density at radius 1 is 1.41 bits per heavy atom. The minimum Gasteiger partial charge on any atom is -0.299 e. The molecular weight excluding hydrogens is 298 g/mol. The van der Waals surface area contributed by atoms with Crippen LogP contribution in [0, 0.1) is 17.2 Å². The smallest absolute Gasteiger partial charge is 0.216 e. The maximum Gasteiger partial charge on any atom is 0.216 e. The van der Waals surface area contributed by atoms with Crippen molar-refractivity contribution in [2.45, 2.75) is 38.6 Å². The Morgan fingerprint density at radius 2 is 2.14 bits per heavy atom. The number of nitrogens with zero attached hydrogens (tertiary/aromatic N) is 2. The van der Waals surface area contributed by atoms with E-state index in [2.05, 4.69) is 30.4 Å². The fraction of sp³-hybridized carbons (Fsp3) is 0.562.